The van der Waals surface area contributed by atoms with Crippen LogP contribution in [-0.2, 0) is 5.54 Å². The SMILES string of the molecule is [2H]C(Nc1cc(C#N)c2ncc(C#N)c(NC3CCCC3(C)C)c2c1)(c1ccc(F)cc1)c1cn(C2(C(F)(F)F)CC2)nn1. The zero-order valence-electron chi connectivity index (χ0n) is 24.4. The zero-order valence-corrected chi connectivity index (χ0v) is 23.4. The number of halogens is 4. The van der Waals surface area contributed by atoms with Gasteiger partial charge in [-0.1, -0.05) is 37.6 Å². The van der Waals surface area contributed by atoms with E-state index in [1.807, 2.05) is 0 Å². The lowest BCUT2D eigenvalue weighted by molar-refractivity contribution is -0.182. The standard InChI is InChI=1S/C31H28F4N8/c1-29(2)9-3-4-25(29)40-27-20(15-37)16-38-26-19(14-36)12-22(13-23(26)27)39-28(18-5-7-21(32)8-6-18)24-17-43(42-41-24)30(10-11-30)31(33,34)35/h5-8,12-13,16-17,25,28,39H,3-4,9-11H2,1-2H3,(H,38,40)/i28D. The number of nitrogens with zero attached hydrogens (tertiary/aromatic N) is 6. The van der Waals surface area contributed by atoms with E-state index >= 15 is 0 Å². The summed E-state index contributed by atoms with van der Waals surface area (Å²) in [5, 5.41) is 34.8. The molecule has 4 aromatic rings. The van der Waals surface area contributed by atoms with Gasteiger partial charge in [-0.15, -0.1) is 5.10 Å². The third kappa shape index (κ3) is 5.01. The van der Waals surface area contributed by atoms with Gasteiger partial charge in [-0.2, -0.15) is 23.7 Å². The topological polar surface area (TPSA) is 115 Å². The maximum Gasteiger partial charge on any atom is 0.413 e. The number of hydrogen-bond acceptors (Lipinski definition) is 7. The number of rotatable bonds is 7. The van der Waals surface area contributed by atoms with Crippen LogP contribution in [0.1, 0.15) is 75.7 Å². The molecule has 6 rings (SSSR count). The van der Waals surface area contributed by atoms with Crippen molar-refractivity contribution in [1.29, 1.82) is 10.5 Å². The van der Waals surface area contributed by atoms with Crippen LogP contribution in [0, 0.1) is 33.9 Å². The maximum absolute atomic E-state index is 13.9. The Morgan fingerprint density at radius 2 is 1.81 bits per heavy atom. The first kappa shape index (κ1) is 27.1. The molecule has 0 aliphatic heterocycles. The molecular weight excluding hydrogens is 560 g/mol. The maximum atomic E-state index is 13.9. The molecule has 220 valence electrons. The van der Waals surface area contributed by atoms with Crippen LogP contribution >= 0.6 is 0 Å². The number of nitriles is 2. The number of benzene rings is 2. The van der Waals surface area contributed by atoms with Gasteiger partial charge in [0.1, 0.15) is 23.6 Å². The van der Waals surface area contributed by atoms with Gasteiger partial charge in [0.25, 0.3) is 0 Å². The van der Waals surface area contributed by atoms with E-state index < -0.39 is 23.6 Å². The highest BCUT2D eigenvalue weighted by Crippen LogP contribution is 2.55. The van der Waals surface area contributed by atoms with Crippen molar-refractivity contribution in [3.05, 3.63) is 77.0 Å². The van der Waals surface area contributed by atoms with E-state index in [1.54, 1.807) is 6.07 Å². The highest BCUT2D eigenvalue weighted by atomic mass is 19.4. The molecule has 2 aliphatic carbocycles. The molecule has 2 saturated carbocycles. The Bertz CT molecular complexity index is 1830. The molecule has 0 bridgehead atoms. The minimum atomic E-state index is -4.56. The van der Waals surface area contributed by atoms with Gasteiger partial charge in [-0.3, -0.25) is 4.98 Å². The van der Waals surface area contributed by atoms with Gasteiger partial charge in [-0.05, 0) is 60.9 Å². The Morgan fingerprint density at radius 1 is 1.09 bits per heavy atom. The van der Waals surface area contributed by atoms with E-state index in [4.69, 9.17) is 0 Å². The van der Waals surface area contributed by atoms with Crippen molar-refractivity contribution in [2.75, 3.05) is 10.6 Å². The van der Waals surface area contributed by atoms with Crippen LogP contribution in [0.25, 0.3) is 10.9 Å². The first-order valence-corrected chi connectivity index (χ1v) is 13.9. The number of hydrogen-bond donors (Lipinski definition) is 2. The van der Waals surface area contributed by atoms with Gasteiger partial charge in [-0.25, -0.2) is 9.07 Å². The van der Waals surface area contributed by atoms with Gasteiger partial charge in [0.2, 0.25) is 0 Å². The van der Waals surface area contributed by atoms with Crippen molar-refractivity contribution in [3.63, 3.8) is 0 Å². The predicted molar refractivity (Wildman–Crippen MR) is 151 cm³/mol. The molecule has 2 fully saturated rings. The first-order chi connectivity index (χ1) is 20.8. The molecule has 2 heterocycles. The van der Waals surface area contributed by atoms with Crippen LogP contribution in [-0.4, -0.2) is 32.2 Å². The smallest absolute Gasteiger partial charge is 0.380 e. The van der Waals surface area contributed by atoms with Crippen molar-refractivity contribution in [2.24, 2.45) is 5.41 Å². The zero-order chi connectivity index (χ0) is 31.5. The summed E-state index contributed by atoms with van der Waals surface area (Å²) in [7, 11) is 0. The largest absolute Gasteiger partial charge is 0.413 e. The lowest BCUT2D eigenvalue weighted by Gasteiger charge is -2.29. The summed E-state index contributed by atoms with van der Waals surface area (Å²) in [5.41, 5.74) is -0.691. The Morgan fingerprint density at radius 3 is 2.42 bits per heavy atom. The highest BCUT2D eigenvalue weighted by Gasteiger charge is 2.66. The van der Waals surface area contributed by atoms with Crippen LogP contribution in [0.2, 0.25) is 0 Å². The van der Waals surface area contributed by atoms with Gasteiger partial charge >= 0.3 is 6.18 Å². The molecule has 0 saturated heterocycles. The first-order valence-electron chi connectivity index (χ1n) is 14.4. The molecule has 8 nitrogen and oxygen atoms in total. The molecule has 12 heteroatoms. The normalized spacial score (nSPS) is 20.5. The Hall–Kier alpha value is -4.71. The van der Waals surface area contributed by atoms with Crippen molar-refractivity contribution >= 4 is 22.3 Å². The minimum Gasteiger partial charge on any atom is -0.380 e. The second-order valence-electron chi connectivity index (χ2n) is 11.9. The summed E-state index contributed by atoms with van der Waals surface area (Å²) in [5.74, 6) is -0.563. The van der Waals surface area contributed by atoms with Gasteiger partial charge in [0.15, 0.2) is 5.54 Å². The van der Waals surface area contributed by atoms with E-state index in [1.165, 1.54) is 24.4 Å². The fourth-order valence-electron chi connectivity index (χ4n) is 5.86. The average molecular weight is 590 g/mol. The summed E-state index contributed by atoms with van der Waals surface area (Å²) in [4.78, 5) is 4.38. The van der Waals surface area contributed by atoms with Gasteiger partial charge in [0.05, 0.1) is 35.9 Å². The lowest BCUT2D eigenvalue weighted by atomic mass is 9.87. The van der Waals surface area contributed by atoms with Crippen molar-refractivity contribution in [2.45, 2.75) is 69.7 Å². The molecule has 0 radical (unpaired) electrons. The molecule has 0 spiro atoms. The van der Waals surface area contributed by atoms with Crippen molar-refractivity contribution in [3.8, 4) is 12.1 Å². The van der Waals surface area contributed by atoms with E-state index in [9.17, 15) is 29.5 Å². The van der Waals surface area contributed by atoms with Crippen molar-refractivity contribution in [1.82, 2.24) is 20.0 Å². The summed E-state index contributed by atoms with van der Waals surface area (Å²) in [6.07, 6.45) is 0.525. The van der Waals surface area contributed by atoms with E-state index in [0.29, 0.717) is 16.6 Å². The second-order valence-corrected chi connectivity index (χ2v) is 11.9. The quantitative estimate of drug-likeness (QED) is 0.224. The molecule has 2 unspecified atom stereocenters. The fraction of sp³-hybridized carbons (Fsp3) is 0.387. The molecule has 2 N–H and O–H groups in total. The van der Waals surface area contributed by atoms with Gasteiger partial charge in [0, 0.05) is 23.3 Å². The third-order valence-electron chi connectivity index (χ3n) is 8.63. The summed E-state index contributed by atoms with van der Waals surface area (Å²) in [6, 6.07) is 10.4. The van der Waals surface area contributed by atoms with Crippen molar-refractivity contribution < 1.29 is 18.9 Å². The monoisotopic (exact) mass is 589 g/mol. The molecular formula is C31H28F4N8. The Balaban J connectivity index is 1.49. The van der Waals surface area contributed by atoms with E-state index in [2.05, 4.69) is 51.9 Å². The molecule has 2 aliphatic rings. The molecule has 2 aromatic heterocycles. The minimum absolute atomic E-state index is 0.0453. The van der Waals surface area contributed by atoms with Crippen LogP contribution in [0.15, 0.2) is 48.8 Å². The third-order valence-corrected chi connectivity index (χ3v) is 8.63. The number of aromatic nitrogens is 4. The average Bonchev–Trinajstić information content (AvgIpc) is 3.54. The lowest BCUT2D eigenvalue weighted by Crippen LogP contribution is -2.35. The highest BCUT2D eigenvalue weighted by molar-refractivity contribution is 5.99. The number of fused-ring (bicyclic) bond motifs is 1. The predicted octanol–water partition coefficient (Wildman–Crippen LogP) is 6.95. The van der Waals surface area contributed by atoms with Crippen LogP contribution < -0.4 is 10.6 Å². The second kappa shape index (κ2) is 10.2. The van der Waals surface area contributed by atoms with Crippen LogP contribution in [0.5, 0.6) is 0 Å². The summed E-state index contributed by atoms with van der Waals surface area (Å²) in [6.45, 7) is 4.30. The van der Waals surface area contributed by atoms with E-state index in [0.717, 1.165) is 42.3 Å². The van der Waals surface area contributed by atoms with E-state index in [-0.39, 0.29) is 52.4 Å². The molecule has 43 heavy (non-hydrogen) atoms. The Labute approximate surface area is 246 Å². The molecule has 0 amide bonds. The molecule has 2 atom stereocenters. The van der Waals surface area contributed by atoms with Crippen LogP contribution in [0.4, 0.5) is 28.9 Å². The number of alkyl halides is 3. The fourth-order valence-corrected chi connectivity index (χ4v) is 5.86. The summed E-state index contributed by atoms with van der Waals surface area (Å²) < 4.78 is 65.8. The number of nitrogens with one attached hydrogen (secondary N) is 2. The number of anilines is 2. The summed E-state index contributed by atoms with van der Waals surface area (Å²) >= 11 is 0. The van der Waals surface area contributed by atoms with Crippen LogP contribution in [0.3, 0.4) is 0 Å². The Kier molecular flexibility index (Phi) is 6.46. The van der Waals surface area contributed by atoms with Gasteiger partial charge < -0.3 is 10.6 Å². The number of pyridine rings is 1. The molecule has 2 aromatic carbocycles.